The number of benzene rings is 3. The average molecular weight is 479 g/mol. The molecule has 2 heterocycles. The Bertz CT molecular complexity index is 1360. The molecule has 0 radical (unpaired) electrons. The predicted octanol–water partition coefficient (Wildman–Crippen LogP) is 5.63. The van der Waals surface area contributed by atoms with E-state index in [9.17, 15) is 13.2 Å². The number of nitrogens with one attached hydrogen (secondary N) is 1. The van der Waals surface area contributed by atoms with Gasteiger partial charge in [-0.25, -0.2) is 8.42 Å². The van der Waals surface area contributed by atoms with Crippen molar-refractivity contribution >= 4 is 21.6 Å². The minimum Gasteiger partial charge on any atom is -0.456 e. The summed E-state index contributed by atoms with van der Waals surface area (Å²) < 4.78 is 41.0. The van der Waals surface area contributed by atoms with Crippen molar-refractivity contribution in [1.82, 2.24) is 4.31 Å². The lowest BCUT2D eigenvalue weighted by atomic mass is 10.1. The summed E-state index contributed by atoms with van der Waals surface area (Å²) in [5, 5.41) is 2.83. The summed E-state index contributed by atoms with van der Waals surface area (Å²) in [4.78, 5) is 13.0. The number of carbonyl (C=O) groups is 1. The number of carbonyl (C=O) groups excluding carboxylic acids is 1. The van der Waals surface area contributed by atoms with E-state index in [0.717, 1.165) is 30.4 Å². The fourth-order valence-corrected chi connectivity index (χ4v) is 5.83. The zero-order valence-electron chi connectivity index (χ0n) is 19.1. The first-order valence-electron chi connectivity index (χ1n) is 11.3. The van der Waals surface area contributed by atoms with Crippen molar-refractivity contribution in [3.05, 3.63) is 71.3 Å². The monoisotopic (exact) mass is 478 g/mol. The van der Waals surface area contributed by atoms with Gasteiger partial charge in [0.15, 0.2) is 11.5 Å². The highest BCUT2D eigenvalue weighted by molar-refractivity contribution is 7.89. The van der Waals surface area contributed by atoms with Gasteiger partial charge in [0, 0.05) is 19.2 Å². The summed E-state index contributed by atoms with van der Waals surface area (Å²) in [6.07, 6.45) is 2.60. The highest BCUT2D eigenvalue weighted by Crippen LogP contribution is 2.42. The smallest absolute Gasteiger partial charge is 0.259 e. The van der Waals surface area contributed by atoms with Crippen LogP contribution in [-0.4, -0.2) is 31.7 Å². The summed E-state index contributed by atoms with van der Waals surface area (Å²) >= 11 is 0. The number of sulfonamides is 1. The van der Waals surface area contributed by atoms with Crippen LogP contribution in [-0.2, 0) is 10.0 Å². The summed E-state index contributed by atoms with van der Waals surface area (Å²) in [5.41, 5.74) is 2.69. The maximum Gasteiger partial charge on any atom is 0.259 e. The second-order valence-corrected chi connectivity index (χ2v) is 10.6. The zero-order valence-corrected chi connectivity index (χ0v) is 19.9. The summed E-state index contributed by atoms with van der Waals surface area (Å²) in [6.45, 7) is 4.77. The van der Waals surface area contributed by atoms with E-state index in [1.54, 1.807) is 18.2 Å². The van der Waals surface area contributed by atoms with Gasteiger partial charge in [-0.15, -0.1) is 0 Å². The van der Waals surface area contributed by atoms with Gasteiger partial charge >= 0.3 is 0 Å². The largest absolute Gasteiger partial charge is 0.456 e. The summed E-state index contributed by atoms with van der Waals surface area (Å²) in [6, 6.07) is 15.7. The Labute approximate surface area is 199 Å². The van der Waals surface area contributed by atoms with Gasteiger partial charge in [0.25, 0.3) is 5.91 Å². The molecule has 0 saturated carbocycles. The molecule has 0 spiro atoms. The van der Waals surface area contributed by atoms with Crippen molar-refractivity contribution in [3.8, 4) is 23.0 Å². The third-order valence-electron chi connectivity index (χ3n) is 6.08. The van der Waals surface area contributed by atoms with Crippen molar-refractivity contribution in [2.24, 2.45) is 0 Å². The van der Waals surface area contributed by atoms with Crippen LogP contribution in [0.5, 0.6) is 23.0 Å². The number of fused-ring (bicyclic) bond motifs is 2. The first kappa shape index (κ1) is 22.4. The first-order valence-corrected chi connectivity index (χ1v) is 12.8. The van der Waals surface area contributed by atoms with Gasteiger partial charge in [-0.2, -0.15) is 4.31 Å². The van der Waals surface area contributed by atoms with Gasteiger partial charge in [-0.05, 0) is 62.6 Å². The molecule has 1 fully saturated rings. The van der Waals surface area contributed by atoms with Gasteiger partial charge in [0.1, 0.15) is 16.4 Å². The van der Waals surface area contributed by atoms with E-state index in [4.69, 9.17) is 9.47 Å². The number of hydrogen-bond acceptors (Lipinski definition) is 5. The zero-order chi connectivity index (χ0) is 23.9. The molecule has 0 bridgehead atoms. The number of nitrogens with zero attached hydrogens (tertiary/aromatic N) is 1. The maximum absolute atomic E-state index is 13.7. The van der Waals surface area contributed by atoms with Crippen LogP contribution in [0.25, 0.3) is 0 Å². The second-order valence-electron chi connectivity index (χ2n) is 8.73. The molecule has 1 N–H and O–H groups in total. The van der Waals surface area contributed by atoms with E-state index in [0.29, 0.717) is 30.3 Å². The van der Waals surface area contributed by atoms with Crippen LogP contribution in [0.4, 0.5) is 5.69 Å². The Kier molecular flexibility index (Phi) is 5.79. The molecule has 0 aliphatic carbocycles. The Morgan fingerprint density at radius 3 is 2.32 bits per heavy atom. The van der Waals surface area contributed by atoms with Crippen LogP contribution in [0, 0.1) is 13.8 Å². The lowest BCUT2D eigenvalue weighted by Gasteiger charge is -2.27. The molecule has 2 aliphatic heterocycles. The number of rotatable bonds is 4. The molecule has 1 amide bonds. The summed E-state index contributed by atoms with van der Waals surface area (Å²) in [5.74, 6) is 0.906. The third kappa shape index (κ3) is 4.26. The molecule has 0 unspecified atom stereocenters. The Balaban J connectivity index is 1.65. The molecule has 7 nitrogen and oxygen atoms in total. The minimum atomic E-state index is -3.89. The lowest BCUT2D eigenvalue weighted by Crippen LogP contribution is -2.35. The van der Waals surface area contributed by atoms with Crippen molar-refractivity contribution in [3.63, 3.8) is 0 Å². The fourth-order valence-electron chi connectivity index (χ4n) is 4.19. The highest BCUT2D eigenvalue weighted by Gasteiger charge is 2.33. The van der Waals surface area contributed by atoms with Crippen LogP contribution < -0.4 is 14.8 Å². The van der Waals surface area contributed by atoms with Crippen molar-refractivity contribution in [1.29, 1.82) is 0 Å². The van der Waals surface area contributed by atoms with Crippen LogP contribution >= 0.6 is 0 Å². The van der Waals surface area contributed by atoms with E-state index in [-0.39, 0.29) is 22.0 Å². The molecule has 176 valence electrons. The Hall–Kier alpha value is -3.36. The van der Waals surface area contributed by atoms with Gasteiger partial charge in [-0.3, -0.25) is 4.79 Å². The number of amides is 1. The van der Waals surface area contributed by atoms with E-state index in [1.165, 1.54) is 16.4 Å². The third-order valence-corrected chi connectivity index (χ3v) is 8.00. The molecule has 34 heavy (non-hydrogen) atoms. The number of hydrogen-bond donors (Lipinski definition) is 1. The molecule has 2 aliphatic rings. The molecule has 0 atom stereocenters. The van der Waals surface area contributed by atoms with Gasteiger partial charge < -0.3 is 14.8 Å². The van der Waals surface area contributed by atoms with E-state index in [2.05, 4.69) is 5.32 Å². The molecule has 8 heteroatoms. The standard InChI is InChI=1S/C26H26N2O5S/c1-17-6-9-19(10-7-17)32-24-16-22-20(15-25(24)34(30,31)28-12-4-3-5-13-28)26(29)27-21-11-8-18(2)14-23(21)33-22/h6-11,14-16H,3-5,12-13H2,1-2H3,(H,27,29). The molecule has 3 aromatic rings. The maximum atomic E-state index is 13.7. The van der Waals surface area contributed by atoms with E-state index in [1.807, 2.05) is 38.1 Å². The van der Waals surface area contributed by atoms with Gasteiger partial charge in [0.2, 0.25) is 10.0 Å². The molecular weight excluding hydrogens is 452 g/mol. The van der Waals surface area contributed by atoms with Gasteiger partial charge in [-0.1, -0.05) is 30.2 Å². The first-order chi connectivity index (χ1) is 16.3. The number of anilines is 1. The van der Waals surface area contributed by atoms with Crippen LogP contribution in [0.1, 0.15) is 40.7 Å². The quantitative estimate of drug-likeness (QED) is 0.525. The second kappa shape index (κ2) is 8.77. The topological polar surface area (TPSA) is 84.9 Å². The average Bonchev–Trinajstić information content (AvgIpc) is 2.95. The SMILES string of the molecule is Cc1ccc(Oc2cc3c(cc2S(=O)(=O)N2CCCCC2)C(=O)Nc2ccc(C)cc2O3)cc1. The van der Waals surface area contributed by atoms with Crippen molar-refractivity contribution in [2.75, 3.05) is 18.4 Å². The van der Waals surface area contributed by atoms with E-state index >= 15 is 0 Å². The lowest BCUT2D eigenvalue weighted by molar-refractivity contribution is 0.102. The number of aryl methyl sites for hydroxylation is 2. The van der Waals surface area contributed by atoms with E-state index < -0.39 is 15.9 Å². The van der Waals surface area contributed by atoms with Crippen LogP contribution in [0.2, 0.25) is 0 Å². The Morgan fingerprint density at radius 2 is 1.59 bits per heavy atom. The number of ether oxygens (including phenoxy) is 2. The molecule has 0 aromatic heterocycles. The summed E-state index contributed by atoms with van der Waals surface area (Å²) in [7, 11) is -3.89. The Morgan fingerprint density at radius 1 is 0.882 bits per heavy atom. The molecule has 1 saturated heterocycles. The van der Waals surface area contributed by atoms with Crippen molar-refractivity contribution in [2.45, 2.75) is 38.0 Å². The molecular formula is C26H26N2O5S. The fraction of sp³-hybridized carbons (Fsp3) is 0.269. The van der Waals surface area contributed by atoms with Crippen LogP contribution in [0.15, 0.2) is 59.5 Å². The number of piperidine rings is 1. The molecule has 5 rings (SSSR count). The van der Waals surface area contributed by atoms with Crippen LogP contribution in [0.3, 0.4) is 0 Å². The van der Waals surface area contributed by atoms with Crippen molar-refractivity contribution < 1.29 is 22.7 Å². The highest BCUT2D eigenvalue weighted by atomic mass is 32.2. The normalized spacial score (nSPS) is 16.0. The predicted molar refractivity (Wildman–Crippen MR) is 130 cm³/mol. The minimum absolute atomic E-state index is 0.0467. The van der Waals surface area contributed by atoms with Gasteiger partial charge in [0.05, 0.1) is 11.3 Å². The molecule has 3 aromatic carbocycles.